The summed E-state index contributed by atoms with van der Waals surface area (Å²) in [5.41, 5.74) is 4.04. The zero-order valence-corrected chi connectivity index (χ0v) is 20.3. The van der Waals surface area contributed by atoms with Crippen molar-refractivity contribution >= 4 is 5.91 Å². The number of nitrogens with zero attached hydrogens (tertiary/aromatic N) is 4. The Labute approximate surface area is 197 Å². The molecule has 1 aromatic carbocycles. The highest BCUT2D eigenvalue weighted by atomic mass is 16.5. The minimum absolute atomic E-state index is 0.0905. The summed E-state index contributed by atoms with van der Waals surface area (Å²) >= 11 is 0. The van der Waals surface area contributed by atoms with E-state index in [0.717, 1.165) is 82.1 Å². The fraction of sp³-hybridized carbons (Fsp3) is 0.593. The second kappa shape index (κ2) is 9.05. The number of benzene rings is 1. The van der Waals surface area contributed by atoms with Gasteiger partial charge in [-0.15, -0.1) is 0 Å². The maximum atomic E-state index is 12.9. The van der Waals surface area contributed by atoms with Crippen molar-refractivity contribution < 1.29 is 9.53 Å². The van der Waals surface area contributed by atoms with Crippen molar-refractivity contribution in [2.24, 2.45) is 0 Å². The van der Waals surface area contributed by atoms with Gasteiger partial charge < -0.3 is 9.64 Å². The summed E-state index contributed by atoms with van der Waals surface area (Å²) in [5.74, 6) is 2.32. The molecule has 0 spiro atoms. The Bertz CT molecular complexity index is 1030. The van der Waals surface area contributed by atoms with E-state index in [9.17, 15) is 4.79 Å². The Kier molecular flexibility index (Phi) is 6.12. The van der Waals surface area contributed by atoms with Crippen molar-refractivity contribution in [1.29, 1.82) is 0 Å². The number of amides is 1. The topological polar surface area (TPSA) is 58.6 Å². The van der Waals surface area contributed by atoms with E-state index in [2.05, 4.69) is 41.9 Å². The van der Waals surface area contributed by atoms with Crippen LogP contribution in [0.15, 0.2) is 24.4 Å². The van der Waals surface area contributed by atoms with E-state index >= 15 is 0 Å². The first kappa shape index (κ1) is 22.3. The number of carbonyl (C=O) groups is 1. The van der Waals surface area contributed by atoms with Crippen molar-refractivity contribution in [3.8, 4) is 5.75 Å². The summed E-state index contributed by atoms with van der Waals surface area (Å²) in [7, 11) is 0. The van der Waals surface area contributed by atoms with Crippen LogP contribution in [0.2, 0.25) is 0 Å². The summed E-state index contributed by atoms with van der Waals surface area (Å²) in [4.78, 5) is 26.9. The number of ether oxygens (including phenoxy) is 1. The van der Waals surface area contributed by atoms with Crippen LogP contribution in [0.25, 0.3) is 0 Å². The monoisotopic (exact) mass is 448 g/mol. The number of hydrogen-bond acceptors (Lipinski definition) is 5. The van der Waals surface area contributed by atoms with Crippen LogP contribution < -0.4 is 4.74 Å². The van der Waals surface area contributed by atoms with E-state index < -0.39 is 0 Å². The Morgan fingerprint density at radius 3 is 2.76 bits per heavy atom. The third-order valence-electron chi connectivity index (χ3n) is 7.28. The van der Waals surface area contributed by atoms with Crippen LogP contribution in [0.3, 0.4) is 0 Å². The number of hydrogen-bond donors (Lipinski definition) is 0. The molecule has 1 amide bonds. The zero-order valence-electron chi connectivity index (χ0n) is 20.3. The van der Waals surface area contributed by atoms with Crippen LogP contribution in [0, 0.1) is 6.92 Å². The predicted octanol–water partition coefficient (Wildman–Crippen LogP) is 4.50. The Hall–Kier alpha value is -2.47. The van der Waals surface area contributed by atoms with Crippen LogP contribution in [0.1, 0.15) is 84.9 Å². The largest absolute Gasteiger partial charge is 0.487 e. The number of fused-ring (bicyclic) bond motifs is 1. The summed E-state index contributed by atoms with van der Waals surface area (Å²) in [6.45, 7) is 10.9. The predicted molar refractivity (Wildman–Crippen MR) is 129 cm³/mol. The molecule has 2 saturated heterocycles. The highest BCUT2D eigenvalue weighted by molar-refractivity contribution is 5.95. The molecule has 3 aliphatic rings. The minimum atomic E-state index is -0.103. The molecule has 176 valence electrons. The van der Waals surface area contributed by atoms with E-state index in [4.69, 9.17) is 9.72 Å². The summed E-state index contributed by atoms with van der Waals surface area (Å²) < 4.78 is 6.03. The molecule has 4 heterocycles. The van der Waals surface area contributed by atoms with Gasteiger partial charge in [0.05, 0.1) is 11.3 Å². The molecule has 1 atom stereocenters. The van der Waals surface area contributed by atoms with E-state index in [1.54, 1.807) is 6.20 Å². The quantitative estimate of drug-likeness (QED) is 0.689. The fourth-order valence-electron chi connectivity index (χ4n) is 5.59. The Morgan fingerprint density at radius 2 is 1.97 bits per heavy atom. The molecule has 0 unspecified atom stereocenters. The molecular formula is C27H36N4O2. The standard InChI is InChI=1S/C27H36N4O2/c1-19-23(26(32)31-12-5-4-6-13-31)16-28-25(29-19)21-8-7-11-30(18-21)17-20-9-10-24-22(14-20)15-27(2,3)33-24/h9-10,14,16,21H,4-8,11-13,15,17-18H2,1-3H3/t21-/m0/s1. The number of aryl methyl sites for hydroxylation is 1. The van der Waals surface area contributed by atoms with Gasteiger partial charge in [-0.3, -0.25) is 9.69 Å². The van der Waals surface area contributed by atoms with Crippen LogP contribution in [0.4, 0.5) is 0 Å². The highest BCUT2D eigenvalue weighted by Crippen LogP contribution is 2.36. The van der Waals surface area contributed by atoms with Crippen molar-refractivity contribution in [1.82, 2.24) is 19.8 Å². The van der Waals surface area contributed by atoms with Gasteiger partial charge in [0.25, 0.3) is 5.91 Å². The average molecular weight is 449 g/mol. The Balaban J connectivity index is 1.25. The molecule has 3 aliphatic heterocycles. The van der Waals surface area contributed by atoms with Crippen LogP contribution in [0.5, 0.6) is 5.75 Å². The maximum absolute atomic E-state index is 12.9. The second-order valence-electron chi connectivity index (χ2n) is 10.6. The number of likely N-dealkylation sites (tertiary alicyclic amines) is 2. The summed E-state index contributed by atoms with van der Waals surface area (Å²) in [6.07, 6.45) is 8.38. The number of aromatic nitrogens is 2. The lowest BCUT2D eigenvalue weighted by atomic mass is 9.95. The van der Waals surface area contributed by atoms with Gasteiger partial charge in [0.2, 0.25) is 0 Å². The molecule has 0 radical (unpaired) electrons. The fourth-order valence-corrected chi connectivity index (χ4v) is 5.59. The third-order valence-corrected chi connectivity index (χ3v) is 7.28. The lowest BCUT2D eigenvalue weighted by Gasteiger charge is -2.32. The SMILES string of the molecule is Cc1nc([C@H]2CCCN(Cc3ccc4c(c3)CC(C)(C)O4)C2)ncc1C(=O)N1CCCCC1. The molecule has 0 bridgehead atoms. The molecule has 6 nitrogen and oxygen atoms in total. The molecule has 33 heavy (non-hydrogen) atoms. The van der Waals surface area contributed by atoms with Crippen molar-refractivity contribution in [2.75, 3.05) is 26.2 Å². The third kappa shape index (κ3) is 4.91. The molecule has 1 aromatic heterocycles. The van der Waals surface area contributed by atoms with Crippen molar-refractivity contribution in [2.45, 2.75) is 77.4 Å². The van der Waals surface area contributed by atoms with Gasteiger partial charge >= 0.3 is 0 Å². The number of piperidine rings is 2. The average Bonchev–Trinajstić information content (AvgIpc) is 3.12. The molecule has 5 rings (SSSR count). The molecule has 6 heteroatoms. The minimum Gasteiger partial charge on any atom is -0.487 e. The first-order valence-corrected chi connectivity index (χ1v) is 12.5. The van der Waals surface area contributed by atoms with Gasteiger partial charge in [-0.25, -0.2) is 9.97 Å². The molecule has 2 aromatic rings. The number of carbonyl (C=O) groups excluding carboxylic acids is 1. The maximum Gasteiger partial charge on any atom is 0.257 e. The normalized spacial score (nSPS) is 22.6. The highest BCUT2D eigenvalue weighted by Gasteiger charge is 2.30. The van der Waals surface area contributed by atoms with Gasteiger partial charge in [-0.1, -0.05) is 12.1 Å². The van der Waals surface area contributed by atoms with Crippen molar-refractivity contribution in [3.05, 3.63) is 52.6 Å². The van der Waals surface area contributed by atoms with Gasteiger partial charge in [0.15, 0.2) is 0 Å². The van der Waals surface area contributed by atoms with Crippen LogP contribution in [-0.4, -0.2) is 57.5 Å². The molecule has 0 N–H and O–H groups in total. The van der Waals surface area contributed by atoms with Crippen LogP contribution in [-0.2, 0) is 13.0 Å². The first-order valence-electron chi connectivity index (χ1n) is 12.5. The van der Waals surface area contributed by atoms with Crippen molar-refractivity contribution in [3.63, 3.8) is 0 Å². The summed E-state index contributed by atoms with van der Waals surface area (Å²) in [6, 6.07) is 6.65. The van der Waals surface area contributed by atoms with Crippen LogP contribution >= 0.6 is 0 Å². The molecule has 0 aliphatic carbocycles. The van der Waals surface area contributed by atoms with Gasteiger partial charge in [0, 0.05) is 44.7 Å². The Morgan fingerprint density at radius 1 is 1.15 bits per heavy atom. The van der Waals surface area contributed by atoms with Gasteiger partial charge in [-0.05, 0) is 76.6 Å². The van der Waals surface area contributed by atoms with Gasteiger partial charge in [0.1, 0.15) is 17.2 Å². The summed E-state index contributed by atoms with van der Waals surface area (Å²) in [5, 5.41) is 0. The number of rotatable bonds is 4. The molecule has 2 fully saturated rings. The molecular weight excluding hydrogens is 412 g/mol. The van der Waals surface area contributed by atoms with E-state index in [1.165, 1.54) is 17.5 Å². The van der Waals surface area contributed by atoms with E-state index in [1.807, 2.05) is 11.8 Å². The van der Waals surface area contributed by atoms with E-state index in [0.29, 0.717) is 11.5 Å². The van der Waals surface area contributed by atoms with Gasteiger partial charge in [-0.2, -0.15) is 0 Å². The lowest BCUT2D eigenvalue weighted by Crippen LogP contribution is -2.36. The first-order chi connectivity index (χ1) is 15.9. The smallest absolute Gasteiger partial charge is 0.257 e. The van der Waals surface area contributed by atoms with E-state index in [-0.39, 0.29) is 11.5 Å². The molecule has 0 saturated carbocycles. The second-order valence-corrected chi connectivity index (χ2v) is 10.6. The lowest BCUT2D eigenvalue weighted by molar-refractivity contribution is 0.0722. The zero-order chi connectivity index (χ0) is 23.0.